The van der Waals surface area contributed by atoms with Gasteiger partial charge in [-0.2, -0.15) is 10.4 Å². The van der Waals surface area contributed by atoms with Gasteiger partial charge in [0.2, 0.25) is 0 Å². The van der Waals surface area contributed by atoms with Gasteiger partial charge in [0.25, 0.3) is 0 Å². The second-order valence-corrected chi connectivity index (χ2v) is 8.31. The molecule has 0 spiro atoms. The van der Waals surface area contributed by atoms with E-state index < -0.39 is 11.9 Å². The summed E-state index contributed by atoms with van der Waals surface area (Å²) in [6, 6.07) is 5.41. The van der Waals surface area contributed by atoms with Crippen LogP contribution in [0.2, 0.25) is 0 Å². The number of nitriles is 1. The van der Waals surface area contributed by atoms with Gasteiger partial charge in [-0.05, 0) is 44.2 Å². The van der Waals surface area contributed by atoms with Crippen molar-refractivity contribution >= 4 is 11.8 Å². The van der Waals surface area contributed by atoms with Gasteiger partial charge in [0.05, 0.1) is 17.7 Å². The second-order valence-electron chi connectivity index (χ2n) is 7.11. The van der Waals surface area contributed by atoms with Crippen LogP contribution in [0.15, 0.2) is 65.0 Å². The van der Waals surface area contributed by atoms with E-state index in [1.165, 1.54) is 31.0 Å². The molecule has 0 bridgehead atoms. The molecule has 0 saturated heterocycles. The molecule has 146 valence electrons. The molecule has 0 fully saturated rings. The van der Waals surface area contributed by atoms with Gasteiger partial charge in [-0.15, -0.1) is 5.10 Å². The molecule has 0 saturated carbocycles. The molecule has 0 aliphatic heterocycles. The second kappa shape index (κ2) is 8.82. The number of allylic oxidation sites excluding steroid dienone is 6. The third-order valence-corrected chi connectivity index (χ3v) is 6.30. The predicted molar refractivity (Wildman–Crippen MR) is 109 cm³/mol. The maximum atomic E-state index is 13.5. The van der Waals surface area contributed by atoms with E-state index in [2.05, 4.69) is 29.3 Å². The molecule has 0 amide bonds. The first-order valence-corrected chi connectivity index (χ1v) is 9.99. The van der Waals surface area contributed by atoms with Gasteiger partial charge in [-0.1, -0.05) is 48.6 Å². The average molecular weight is 397 g/mol. The first-order chi connectivity index (χ1) is 13.4. The Morgan fingerprint density at radius 3 is 2.71 bits per heavy atom. The van der Waals surface area contributed by atoms with Gasteiger partial charge in [-0.3, -0.25) is 0 Å². The van der Waals surface area contributed by atoms with Gasteiger partial charge in [0, 0.05) is 17.2 Å². The van der Waals surface area contributed by atoms with E-state index >= 15 is 0 Å². The minimum Gasteiger partial charge on any atom is -0.785 e. The van der Waals surface area contributed by atoms with Crippen molar-refractivity contribution in [2.75, 3.05) is 7.05 Å². The summed E-state index contributed by atoms with van der Waals surface area (Å²) in [6.07, 6.45) is 10.5. The zero-order valence-electron chi connectivity index (χ0n) is 16.0. The van der Waals surface area contributed by atoms with Crippen molar-refractivity contribution in [2.45, 2.75) is 36.1 Å². The first-order valence-electron chi connectivity index (χ1n) is 9.11. The summed E-state index contributed by atoms with van der Waals surface area (Å²) in [4.78, 5) is 0. The maximum Gasteiger partial charge on any atom is 0.120 e. The number of rotatable bonds is 5. The smallest absolute Gasteiger partial charge is 0.120 e. The summed E-state index contributed by atoms with van der Waals surface area (Å²) >= 11 is 1.35. The Morgan fingerprint density at radius 1 is 1.32 bits per heavy atom. The number of halogens is 1. The molecule has 7 heteroatoms. The number of hydroxylamine groups is 2. The summed E-state index contributed by atoms with van der Waals surface area (Å²) in [5, 5.41) is 31.1. The zero-order valence-corrected chi connectivity index (χ0v) is 16.8. The fraction of sp³-hybridized carbons (Fsp3) is 0.381. The van der Waals surface area contributed by atoms with Crippen molar-refractivity contribution in [1.29, 1.82) is 5.26 Å². The molecular weight excluding hydrogens is 375 g/mol. The molecule has 5 nitrogen and oxygen atoms in total. The van der Waals surface area contributed by atoms with E-state index in [9.17, 15) is 14.9 Å². The highest BCUT2D eigenvalue weighted by Gasteiger charge is 2.31. The van der Waals surface area contributed by atoms with Gasteiger partial charge >= 0.3 is 0 Å². The largest absolute Gasteiger partial charge is 0.785 e. The Balaban J connectivity index is 1.76. The van der Waals surface area contributed by atoms with E-state index in [1.807, 2.05) is 31.2 Å². The molecule has 1 heterocycles. The molecule has 1 aromatic rings. The van der Waals surface area contributed by atoms with Crippen LogP contribution in [0.25, 0.3) is 0 Å². The number of nitrogens with zero attached hydrogens (tertiary/aromatic N) is 4. The summed E-state index contributed by atoms with van der Waals surface area (Å²) in [6.45, 7) is 4.13. The lowest BCUT2D eigenvalue weighted by Gasteiger charge is -2.36. The molecule has 0 aromatic carbocycles. The van der Waals surface area contributed by atoms with Crippen molar-refractivity contribution in [3.63, 3.8) is 0 Å². The van der Waals surface area contributed by atoms with Crippen LogP contribution in [0.5, 0.6) is 0 Å². The standard InChI is InChI=1S/C21H22FN4OS/c1-13-5-4-6-14(2)21(13)16(12-23)17-8-10-20(25-24-17)28-19-9-7-15(22)11-18(19)26(3)27/h4-11,13,16,18-19,21H,1-3H3/q-1. The molecular formula is C21H22FN4OS-. The molecule has 3 rings (SSSR count). The fourth-order valence-electron chi connectivity index (χ4n) is 3.66. The summed E-state index contributed by atoms with van der Waals surface area (Å²) in [5.41, 5.74) is 1.79. The van der Waals surface area contributed by atoms with Crippen molar-refractivity contribution in [2.24, 2.45) is 11.8 Å². The summed E-state index contributed by atoms with van der Waals surface area (Å²) < 4.78 is 13.5. The summed E-state index contributed by atoms with van der Waals surface area (Å²) in [7, 11) is 1.38. The van der Waals surface area contributed by atoms with Crippen LogP contribution in [0.3, 0.4) is 0 Å². The zero-order chi connectivity index (χ0) is 20.3. The quantitative estimate of drug-likeness (QED) is 0.679. The molecule has 28 heavy (non-hydrogen) atoms. The molecule has 5 atom stereocenters. The van der Waals surface area contributed by atoms with Crippen molar-refractivity contribution in [3.05, 3.63) is 70.9 Å². The Bertz CT molecular complexity index is 869. The lowest BCUT2D eigenvalue weighted by Crippen LogP contribution is -2.35. The molecule has 2 aliphatic rings. The Hall–Kier alpha value is -2.27. The molecule has 1 aromatic heterocycles. The topological polar surface area (TPSA) is 75.9 Å². The van der Waals surface area contributed by atoms with E-state index in [0.717, 1.165) is 10.6 Å². The lowest BCUT2D eigenvalue weighted by molar-refractivity contribution is 0.385. The third kappa shape index (κ3) is 4.41. The van der Waals surface area contributed by atoms with Crippen LogP contribution < -0.4 is 0 Å². The SMILES string of the molecule is CC1=CC=CC(C)C1C(C#N)c1ccc(SC2C=CC(F)=CC2N(C)[O-])nn1. The average Bonchev–Trinajstić information content (AvgIpc) is 2.67. The Labute approximate surface area is 168 Å². The molecule has 0 N–H and O–H groups in total. The van der Waals surface area contributed by atoms with Crippen LogP contribution in [-0.4, -0.2) is 33.6 Å². The van der Waals surface area contributed by atoms with Gasteiger partial charge < -0.3 is 10.3 Å². The molecule has 0 radical (unpaired) electrons. The van der Waals surface area contributed by atoms with Crippen LogP contribution in [0, 0.1) is 28.4 Å². The third-order valence-electron chi connectivity index (χ3n) is 5.13. The highest BCUT2D eigenvalue weighted by atomic mass is 32.2. The fourth-order valence-corrected chi connectivity index (χ4v) is 4.72. The van der Waals surface area contributed by atoms with E-state index in [-0.39, 0.29) is 23.0 Å². The number of thioether (sulfide) groups is 1. The maximum absolute atomic E-state index is 13.5. The first kappa shape index (κ1) is 20.5. The van der Waals surface area contributed by atoms with E-state index in [1.54, 1.807) is 6.08 Å². The Kier molecular flexibility index (Phi) is 6.45. The predicted octanol–water partition coefficient (Wildman–Crippen LogP) is 4.53. The van der Waals surface area contributed by atoms with Gasteiger partial charge in [-0.25, -0.2) is 4.39 Å². The Morgan fingerprint density at radius 2 is 2.11 bits per heavy atom. The number of likely N-dealkylation sites (N-methyl/N-ethyl adjacent to an activating group) is 1. The highest BCUT2D eigenvalue weighted by molar-refractivity contribution is 8.00. The number of hydrogen-bond donors (Lipinski definition) is 0. The van der Waals surface area contributed by atoms with Crippen molar-refractivity contribution < 1.29 is 4.39 Å². The van der Waals surface area contributed by atoms with E-state index in [4.69, 9.17) is 0 Å². The lowest BCUT2D eigenvalue weighted by atomic mass is 9.74. The number of hydrogen-bond acceptors (Lipinski definition) is 6. The van der Waals surface area contributed by atoms with Crippen LogP contribution >= 0.6 is 11.8 Å². The van der Waals surface area contributed by atoms with Gasteiger partial charge in [0.1, 0.15) is 10.9 Å². The minimum atomic E-state index is -0.606. The van der Waals surface area contributed by atoms with Crippen LogP contribution in [0.1, 0.15) is 25.5 Å². The highest BCUT2D eigenvalue weighted by Crippen LogP contribution is 2.38. The van der Waals surface area contributed by atoms with Crippen LogP contribution in [-0.2, 0) is 0 Å². The molecule has 2 aliphatic carbocycles. The monoisotopic (exact) mass is 397 g/mol. The number of aromatic nitrogens is 2. The van der Waals surface area contributed by atoms with Crippen LogP contribution in [0.4, 0.5) is 4.39 Å². The van der Waals surface area contributed by atoms with E-state index in [0.29, 0.717) is 10.7 Å². The van der Waals surface area contributed by atoms with Crippen molar-refractivity contribution in [1.82, 2.24) is 15.3 Å². The van der Waals surface area contributed by atoms with Crippen molar-refractivity contribution in [3.8, 4) is 6.07 Å². The minimum absolute atomic E-state index is 0.0655. The normalized spacial score (nSPS) is 27.9. The van der Waals surface area contributed by atoms with Gasteiger partial charge in [0.15, 0.2) is 0 Å². The summed E-state index contributed by atoms with van der Waals surface area (Å²) in [5.74, 6) is -0.486. The molecule has 5 unspecified atom stereocenters.